The highest BCUT2D eigenvalue weighted by Crippen LogP contribution is 2.19. The zero-order valence-corrected chi connectivity index (χ0v) is 13.9. The Morgan fingerprint density at radius 1 is 1.26 bits per heavy atom. The van der Waals surface area contributed by atoms with Gasteiger partial charge in [0.05, 0.1) is 12.2 Å². The third-order valence-electron chi connectivity index (χ3n) is 4.09. The maximum atomic E-state index is 12.3. The zero-order chi connectivity index (χ0) is 16.3. The first kappa shape index (κ1) is 16.2. The van der Waals surface area contributed by atoms with Crippen LogP contribution >= 0.6 is 0 Å². The molecule has 0 saturated carbocycles. The highest BCUT2D eigenvalue weighted by Gasteiger charge is 2.26. The highest BCUT2D eigenvalue weighted by atomic mass is 32.2. The third kappa shape index (κ3) is 3.99. The summed E-state index contributed by atoms with van der Waals surface area (Å²) in [6, 6.07) is 9.52. The molecule has 7 heteroatoms. The SMILES string of the molecule is CC1CCN(S(=O)(=O)NCc2coc(-c3ccccc3)n2)CC1. The maximum absolute atomic E-state index is 12.3. The highest BCUT2D eigenvalue weighted by molar-refractivity contribution is 7.87. The Morgan fingerprint density at radius 2 is 1.96 bits per heavy atom. The number of oxazole rings is 1. The molecule has 0 radical (unpaired) electrons. The van der Waals surface area contributed by atoms with Crippen LogP contribution in [0.2, 0.25) is 0 Å². The van der Waals surface area contributed by atoms with Crippen molar-refractivity contribution in [3.8, 4) is 11.5 Å². The van der Waals surface area contributed by atoms with E-state index in [9.17, 15) is 8.42 Å². The van der Waals surface area contributed by atoms with Crippen molar-refractivity contribution in [1.82, 2.24) is 14.0 Å². The van der Waals surface area contributed by atoms with Gasteiger partial charge in [0, 0.05) is 18.7 Å². The lowest BCUT2D eigenvalue weighted by Crippen LogP contribution is -2.44. The Hall–Kier alpha value is -1.70. The second-order valence-electron chi connectivity index (χ2n) is 5.92. The normalized spacial score (nSPS) is 17.4. The lowest BCUT2D eigenvalue weighted by Gasteiger charge is -2.29. The van der Waals surface area contributed by atoms with E-state index in [0.29, 0.717) is 30.6 Å². The Morgan fingerprint density at radius 3 is 2.65 bits per heavy atom. The monoisotopic (exact) mass is 335 g/mol. The van der Waals surface area contributed by atoms with E-state index in [-0.39, 0.29) is 6.54 Å². The predicted molar refractivity (Wildman–Crippen MR) is 87.7 cm³/mol. The second-order valence-corrected chi connectivity index (χ2v) is 7.67. The summed E-state index contributed by atoms with van der Waals surface area (Å²) in [7, 11) is -3.46. The Kier molecular flexibility index (Phi) is 4.79. The summed E-state index contributed by atoms with van der Waals surface area (Å²) in [5.41, 5.74) is 1.43. The van der Waals surface area contributed by atoms with E-state index in [4.69, 9.17) is 4.42 Å². The molecule has 0 spiro atoms. The van der Waals surface area contributed by atoms with Crippen molar-refractivity contribution in [3.05, 3.63) is 42.3 Å². The van der Waals surface area contributed by atoms with Crippen LogP contribution in [-0.4, -0.2) is 30.8 Å². The van der Waals surface area contributed by atoms with Crippen molar-refractivity contribution < 1.29 is 12.8 Å². The molecule has 0 atom stereocenters. The molecule has 1 aliphatic heterocycles. The molecule has 1 aromatic carbocycles. The molecule has 2 aromatic rings. The van der Waals surface area contributed by atoms with Crippen molar-refractivity contribution in [2.75, 3.05) is 13.1 Å². The fourth-order valence-electron chi connectivity index (χ4n) is 2.58. The molecule has 1 aromatic heterocycles. The third-order valence-corrected chi connectivity index (χ3v) is 5.64. The average molecular weight is 335 g/mol. The van der Waals surface area contributed by atoms with E-state index >= 15 is 0 Å². The van der Waals surface area contributed by atoms with E-state index in [1.54, 1.807) is 0 Å². The van der Waals surface area contributed by atoms with Gasteiger partial charge in [-0.2, -0.15) is 17.4 Å². The van der Waals surface area contributed by atoms with Gasteiger partial charge >= 0.3 is 0 Å². The molecule has 6 nitrogen and oxygen atoms in total. The molecule has 0 bridgehead atoms. The lowest BCUT2D eigenvalue weighted by molar-refractivity contribution is 0.285. The number of benzene rings is 1. The van der Waals surface area contributed by atoms with Crippen LogP contribution in [0.1, 0.15) is 25.5 Å². The second kappa shape index (κ2) is 6.82. The lowest BCUT2D eigenvalue weighted by atomic mass is 10.0. The van der Waals surface area contributed by atoms with E-state index in [0.717, 1.165) is 18.4 Å². The van der Waals surface area contributed by atoms with Crippen LogP contribution in [-0.2, 0) is 16.8 Å². The molecular formula is C16H21N3O3S. The van der Waals surface area contributed by atoms with Crippen molar-refractivity contribution in [3.63, 3.8) is 0 Å². The van der Waals surface area contributed by atoms with Crippen LogP contribution in [0.4, 0.5) is 0 Å². The van der Waals surface area contributed by atoms with Crippen LogP contribution in [0.5, 0.6) is 0 Å². The largest absolute Gasteiger partial charge is 0.444 e. The first-order valence-electron chi connectivity index (χ1n) is 7.79. The molecule has 0 aliphatic carbocycles. The molecule has 1 N–H and O–H groups in total. The molecule has 0 unspecified atom stereocenters. The van der Waals surface area contributed by atoms with Crippen LogP contribution < -0.4 is 4.72 Å². The van der Waals surface area contributed by atoms with Crippen LogP contribution in [0.15, 0.2) is 41.0 Å². The van der Waals surface area contributed by atoms with Crippen molar-refractivity contribution >= 4 is 10.2 Å². The van der Waals surface area contributed by atoms with E-state index in [1.807, 2.05) is 30.3 Å². The van der Waals surface area contributed by atoms with Gasteiger partial charge in [-0.3, -0.25) is 0 Å². The average Bonchev–Trinajstić information content (AvgIpc) is 3.03. The van der Waals surface area contributed by atoms with Gasteiger partial charge in [0.15, 0.2) is 0 Å². The van der Waals surface area contributed by atoms with Gasteiger partial charge in [-0.1, -0.05) is 25.1 Å². The number of hydrogen-bond acceptors (Lipinski definition) is 4. The van der Waals surface area contributed by atoms with Crippen LogP contribution in [0, 0.1) is 5.92 Å². The molecular weight excluding hydrogens is 314 g/mol. The summed E-state index contributed by atoms with van der Waals surface area (Å²) in [5, 5.41) is 0. The van der Waals surface area contributed by atoms with Gasteiger partial charge in [-0.05, 0) is 30.9 Å². The molecule has 1 fully saturated rings. The first-order valence-corrected chi connectivity index (χ1v) is 9.23. The standard InChI is InChI=1S/C16H21N3O3S/c1-13-7-9-19(10-8-13)23(20,21)17-11-15-12-22-16(18-15)14-5-3-2-4-6-14/h2-6,12-13,17H,7-11H2,1H3. The molecule has 2 heterocycles. The molecule has 124 valence electrons. The van der Waals surface area contributed by atoms with Gasteiger partial charge < -0.3 is 4.42 Å². The number of hydrogen-bond donors (Lipinski definition) is 1. The van der Waals surface area contributed by atoms with Gasteiger partial charge in [0.1, 0.15) is 6.26 Å². The number of rotatable bonds is 5. The fraction of sp³-hybridized carbons (Fsp3) is 0.438. The summed E-state index contributed by atoms with van der Waals surface area (Å²) < 4.78 is 34.1. The van der Waals surface area contributed by atoms with Crippen LogP contribution in [0.25, 0.3) is 11.5 Å². The predicted octanol–water partition coefficient (Wildman–Crippen LogP) is 2.41. The smallest absolute Gasteiger partial charge is 0.279 e. The van der Waals surface area contributed by atoms with Gasteiger partial charge in [0.2, 0.25) is 5.89 Å². The zero-order valence-electron chi connectivity index (χ0n) is 13.1. The molecule has 3 rings (SSSR count). The summed E-state index contributed by atoms with van der Waals surface area (Å²) >= 11 is 0. The van der Waals surface area contributed by atoms with E-state index < -0.39 is 10.2 Å². The van der Waals surface area contributed by atoms with E-state index in [2.05, 4.69) is 16.6 Å². The van der Waals surface area contributed by atoms with Crippen molar-refractivity contribution in [1.29, 1.82) is 0 Å². The minimum absolute atomic E-state index is 0.130. The van der Waals surface area contributed by atoms with Crippen molar-refractivity contribution in [2.45, 2.75) is 26.3 Å². The Balaban J connectivity index is 1.61. The minimum atomic E-state index is -3.46. The van der Waals surface area contributed by atoms with E-state index in [1.165, 1.54) is 10.6 Å². The van der Waals surface area contributed by atoms with Gasteiger partial charge in [-0.15, -0.1) is 0 Å². The fourth-order valence-corrected chi connectivity index (χ4v) is 3.79. The molecule has 1 aliphatic rings. The summed E-state index contributed by atoms with van der Waals surface area (Å²) in [5.74, 6) is 1.08. The maximum Gasteiger partial charge on any atom is 0.279 e. The molecule has 23 heavy (non-hydrogen) atoms. The minimum Gasteiger partial charge on any atom is -0.444 e. The summed E-state index contributed by atoms with van der Waals surface area (Å²) in [4.78, 5) is 4.33. The quantitative estimate of drug-likeness (QED) is 0.910. The summed E-state index contributed by atoms with van der Waals surface area (Å²) in [6.07, 6.45) is 3.30. The number of nitrogens with zero attached hydrogens (tertiary/aromatic N) is 2. The molecule has 1 saturated heterocycles. The Labute approximate surface area is 136 Å². The topological polar surface area (TPSA) is 75.4 Å². The first-order chi connectivity index (χ1) is 11.0. The molecule has 0 amide bonds. The number of nitrogens with one attached hydrogen (secondary N) is 1. The van der Waals surface area contributed by atoms with Crippen LogP contribution in [0.3, 0.4) is 0 Å². The Bertz CT molecular complexity index is 735. The van der Waals surface area contributed by atoms with Gasteiger partial charge in [-0.25, -0.2) is 4.98 Å². The number of aromatic nitrogens is 1. The summed E-state index contributed by atoms with van der Waals surface area (Å²) in [6.45, 7) is 3.43. The number of piperidine rings is 1. The van der Waals surface area contributed by atoms with Gasteiger partial charge in [0.25, 0.3) is 10.2 Å². The van der Waals surface area contributed by atoms with Crippen molar-refractivity contribution in [2.24, 2.45) is 5.92 Å².